The first-order chi connectivity index (χ1) is 10.0. The molecule has 5 heteroatoms. The number of rotatable bonds is 4. The Morgan fingerprint density at radius 2 is 1.90 bits per heavy atom. The number of phenolic OH excluding ortho intramolecular Hbond substituents is 2. The van der Waals surface area contributed by atoms with E-state index in [9.17, 15) is 15.0 Å². The van der Waals surface area contributed by atoms with Crippen molar-refractivity contribution in [2.75, 3.05) is 12.4 Å². The summed E-state index contributed by atoms with van der Waals surface area (Å²) < 4.78 is 4.74. The van der Waals surface area contributed by atoms with Crippen LogP contribution >= 0.6 is 0 Å². The average molecular weight is 287 g/mol. The molecule has 2 rings (SSSR count). The van der Waals surface area contributed by atoms with Gasteiger partial charge in [-0.3, -0.25) is 0 Å². The van der Waals surface area contributed by atoms with Crippen molar-refractivity contribution in [1.29, 1.82) is 0 Å². The molecule has 0 amide bonds. The Morgan fingerprint density at radius 1 is 1.19 bits per heavy atom. The van der Waals surface area contributed by atoms with Gasteiger partial charge in [-0.05, 0) is 31.2 Å². The Hall–Kier alpha value is -2.69. The molecule has 2 aromatic carbocycles. The quantitative estimate of drug-likeness (QED) is 0.753. The molecular weight excluding hydrogens is 270 g/mol. The number of esters is 1. The zero-order valence-electron chi connectivity index (χ0n) is 11.8. The van der Waals surface area contributed by atoms with Crippen molar-refractivity contribution in [3.8, 4) is 11.5 Å². The third-order valence-electron chi connectivity index (χ3n) is 3.18. The minimum Gasteiger partial charge on any atom is -0.508 e. The molecule has 0 aliphatic rings. The van der Waals surface area contributed by atoms with Gasteiger partial charge in [0.2, 0.25) is 0 Å². The van der Waals surface area contributed by atoms with Crippen molar-refractivity contribution in [2.45, 2.75) is 13.0 Å². The van der Waals surface area contributed by atoms with E-state index in [4.69, 9.17) is 4.74 Å². The third-order valence-corrected chi connectivity index (χ3v) is 3.18. The summed E-state index contributed by atoms with van der Waals surface area (Å²) >= 11 is 0. The number of nitrogens with one attached hydrogen (secondary N) is 1. The van der Waals surface area contributed by atoms with Crippen molar-refractivity contribution in [3.63, 3.8) is 0 Å². The summed E-state index contributed by atoms with van der Waals surface area (Å²) in [6, 6.07) is 11.1. The molecule has 0 heterocycles. The van der Waals surface area contributed by atoms with E-state index in [2.05, 4.69) is 5.32 Å². The van der Waals surface area contributed by atoms with Crippen LogP contribution in [0.4, 0.5) is 5.69 Å². The Morgan fingerprint density at radius 3 is 2.57 bits per heavy atom. The number of phenols is 2. The van der Waals surface area contributed by atoms with Gasteiger partial charge in [-0.15, -0.1) is 0 Å². The SMILES string of the molecule is COC(=O)c1ccccc1NC(C)c1ccc(O)cc1O. The molecule has 1 unspecified atom stereocenters. The Labute approximate surface area is 122 Å². The largest absolute Gasteiger partial charge is 0.508 e. The summed E-state index contributed by atoms with van der Waals surface area (Å²) in [5.41, 5.74) is 1.65. The molecule has 0 aliphatic heterocycles. The van der Waals surface area contributed by atoms with Crippen LogP contribution in [0.15, 0.2) is 42.5 Å². The minimum absolute atomic E-state index is 0.00147. The third kappa shape index (κ3) is 3.25. The Balaban J connectivity index is 2.27. The fourth-order valence-corrected chi connectivity index (χ4v) is 2.11. The highest BCUT2D eigenvalue weighted by Crippen LogP contribution is 2.30. The van der Waals surface area contributed by atoms with Crippen LogP contribution in [0.1, 0.15) is 28.9 Å². The van der Waals surface area contributed by atoms with Crippen LogP contribution in [0.3, 0.4) is 0 Å². The van der Waals surface area contributed by atoms with Crippen LogP contribution in [0.25, 0.3) is 0 Å². The highest BCUT2D eigenvalue weighted by Gasteiger charge is 2.15. The van der Waals surface area contributed by atoms with E-state index in [0.717, 1.165) is 0 Å². The first-order valence-corrected chi connectivity index (χ1v) is 6.48. The molecular formula is C16H17NO4. The topological polar surface area (TPSA) is 78.8 Å². The van der Waals surface area contributed by atoms with Gasteiger partial charge in [0.25, 0.3) is 0 Å². The summed E-state index contributed by atoms with van der Waals surface area (Å²) in [7, 11) is 1.33. The minimum atomic E-state index is -0.430. The molecule has 3 N–H and O–H groups in total. The summed E-state index contributed by atoms with van der Waals surface area (Å²) in [5, 5.41) is 22.3. The maximum Gasteiger partial charge on any atom is 0.339 e. The number of anilines is 1. The number of para-hydroxylation sites is 1. The monoisotopic (exact) mass is 287 g/mol. The molecule has 5 nitrogen and oxygen atoms in total. The second kappa shape index (κ2) is 6.17. The molecule has 0 aromatic heterocycles. The lowest BCUT2D eigenvalue weighted by atomic mass is 10.1. The highest BCUT2D eigenvalue weighted by molar-refractivity contribution is 5.95. The lowest BCUT2D eigenvalue weighted by molar-refractivity contribution is 0.0602. The Kier molecular flexibility index (Phi) is 4.33. The van der Waals surface area contributed by atoms with E-state index in [-0.39, 0.29) is 17.5 Å². The van der Waals surface area contributed by atoms with Crippen molar-refractivity contribution >= 4 is 11.7 Å². The predicted octanol–water partition coefficient (Wildman–Crippen LogP) is 3.06. The number of hydrogen-bond acceptors (Lipinski definition) is 5. The summed E-state index contributed by atoms with van der Waals surface area (Å²) in [4.78, 5) is 11.7. The van der Waals surface area contributed by atoms with Crippen molar-refractivity contribution in [1.82, 2.24) is 0 Å². The van der Waals surface area contributed by atoms with Gasteiger partial charge >= 0.3 is 5.97 Å². The number of methoxy groups -OCH3 is 1. The number of ether oxygens (including phenoxy) is 1. The van der Waals surface area contributed by atoms with E-state index >= 15 is 0 Å². The molecule has 110 valence electrons. The van der Waals surface area contributed by atoms with Gasteiger partial charge in [0, 0.05) is 17.3 Å². The van der Waals surface area contributed by atoms with Gasteiger partial charge < -0.3 is 20.3 Å². The number of benzene rings is 2. The van der Waals surface area contributed by atoms with Crippen LogP contribution in [-0.4, -0.2) is 23.3 Å². The second-order valence-corrected chi connectivity index (χ2v) is 4.65. The standard InChI is InChI=1S/C16H17NO4/c1-10(12-8-7-11(18)9-15(12)19)17-14-6-4-3-5-13(14)16(20)21-2/h3-10,17-19H,1-2H3. The van der Waals surface area contributed by atoms with Crippen LogP contribution in [-0.2, 0) is 4.74 Å². The maximum absolute atomic E-state index is 11.7. The second-order valence-electron chi connectivity index (χ2n) is 4.65. The van der Waals surface area contributed by atoms with Crippen molar-refractivity contribution in [3.05, 3.63) is 53.6 Å². The fourth-order valence-electron chi connectivity index (χ4n) is 2.11. The van der Waals surface area contributed by atoms with E-state index in [1.165, 1.54) is 19.2 Å². The van der Waals surface area contributed by atoms with Gasteiger partial charge in [-0.2, -0.15) is 0 Å². The predicted molar refractivity (Wildman–Crippen MR) is 79.6 cm³/mol. The van der Waals surface area contributed by atoms with Crippen LogP contribution < -0.4 is 5.32 Å². The smallest absolute Gasteiger partial charge is 0.339 e. The highest BCUT2D eigenvalue weighted by atomic mass is 16.5. The van der Waals surface area contributed by atoms with Crippen molar-refractivity contribution in [2.24, 2.45) is 0 Å². The first kappa shape index (κ1) is 14.7. The first-order valence-electron chi connectivity index (χ1n) is 6.48. The normalized spacial score (nSPS) is 11.7. The summed E-state index contributed by atoms with van der Waals surface area (Å²) in [6.07, 6.45) is 0. The molecule has 2 aromatic rings. The van der Waals surface area contributed by atoms with E-state index < -0.39 is 5.97 Å². The van der Waals surface area contributed by atoms with Gasteiger partial charge in [0.05, 0.1) is 18.7 Å². The van der Waals surface area contributed by atoms with Crippen LogP contribution in [0, 0.1) is 0 Å². The van der Waals surface area contributed by atoms with E-state index in [1.807, 2.05) is 6.92 Å². The summed E-state index contributed by atoms with van der Waals surface area (Å²) in [5.74, 6) is -0.441. The zero-order chi connectivity index (χ0) is 15.4. The van der Waals surface area contributed by atoms with Gasteiger partial charge in [-0.25, -0.2) is 4.79 Å². The van der Waals surface area contributed by atoms with Gasteiger partial charge in [-0.1, -0.05) is 12.1 Å². The number of aromatic hydroxyl groups is 2. The Bertz CT molecular complexity index is 654. The lowest BCUT2D eigenvalue weighted by Gasteiger charge is -2.18. The van der Waals surface area contributed by atoms with Gasteiger partial charge in [0.1, 0.15) is 11.5 Å². The molecule has 0 spiro atoms. The number of carbonyl (C=O) groups excluding carboxylic acids is 1. The molecule has 0 fully saturated rings. The van der Waals surface area contributed by atoms with Crippen LogP contribution in [0.5, 0.6) is 11.5 Å². The van der Waals surface area contributed by atoms with E-state index in [1.54, 1.807) is 30.3 Å². The lowest BCUT2D eigenvalue weighted by Crippen LogP contribution is -2.11. The average Bonchev–Trinajstić information content (AvgIpc) is 2.46. The molecule has 0 radical (unpaired) electrons. The molecule has 0 bridgehead atoms. The van der Waals surface area contributed by atoms with E-state index in [0.29, 0.717) is 16.8 Å². The maximum atomic E-state index is 11.7. The van der Waals surface area contributed by atoms with Crippen LogP contribution in [0.2, 0.25) is 0 Å². The molecule has 0 aliphatic carbocycles. The molecule has 1 atom stereocenters. The molecule has 0 saturated carbocycles. The van der Waals surface area contributed by atoms with Gasteiger partial charge in [0.15, 0.2) is 0 Å². The number of hydrogen-bond donors (Lipinski definition) is 3. The fraction of sp³-hybridized carbons (Fsp3) is 0.188. The summed E-state index contributed by atoms with van der Waals surface area (Å²) in [6.45, 7) is 1.85. The number of carbonyl (C=O) groups is 1. The zero-order valence-corrected chi connectivity index (χ0v) is 11.8. The molecule has 0 saturated heterocycles. The van der Waals surface area contributed by atoms with Crippen molar-refractivity contribution < 1.29 is 19.7 Å². The molecule has 21 heavy (non-hydrogen) atoms.